The van der Waals surface area contributed by atoms with Crippen LogP contribution in [0.15, 0.2) is 23.3 Å². The Kier molecular flexibility index (Phi) is 7.65. The maximum Gasteiger partial charge on any atom is 0.225 e. The molecule has 3 fully saturated rings. The van der Waals surface area contributed by atoms with Crippen LogP contribution < -0.4 is 15.5 Å². The number of rotatable bonds is 6. The Balaban J connectivity index is 1.33. The Morgan fingerprint density at radius 2 is 1.94 bits per heavy atom. The van der Waals surface area contributed by atoms with Crippen LogP contribution in [0.5, 0.6) is 0 Å². The van der Waals surface area contributed by atoms with Gasteiger partial charge in [0.2, 0.25) is 5.91 Å². The third kappa shape index (κ3) is 5.89. The molecule has 0 spiro atoms. The van der Waals surface area contributed by atoms with E-state index in [0.717, 1.165) is 63.8 Å². The number of guanidine groups is 1. The molecule has 2 saturated heterocycles. The van der Waals surface area contributed by atoms with Gasteiger partial charge in [0.1, 0.15) is 5.82 Å². The number of carbonyl (C=O) groups is 1. The van der Waals surface area contributed by atoms with Crippen molar-refractivity contribution in [2.75, 3.05) is 37.6 Å². The average molecular weight is 427 g/mol. The Morgan fingerprint density at radius 3 is 2.71 bits per heavy atom. The van der Waals surface area contributed by atoms with Gasteiger partial charge in [0.15, 0.2) is 5.96 Å². The quantitative estimate of drug-likeness (QED) is 0.541. The van der Waals surface area contributed by atoms with Crippen LogP contribution in [-0.4, -0.2) is 60.5 Å². The van der Waals surface area contributed by atoms with Gasteiger partial charge >= 0.3 is 0 Å². The van der Waals surface area contributed by atoms with Crippen LogP contribution in [0.1, 0.15) is 63.9 Å². The molecule has 7 nitrogen and oxygen atoms in total. The summed E-state index contributed by atoms with van der Waals surface area (Å²) >= 11 is 0. The number of aromatic nitrogens is 1. The first kappa shape index (κ1) is 21.9. The summed E-state index contributed by atoms with van der Waals surface area (Å²) in [4.78, 5) is 26.6. The lowest BCUT2D eigenvalue weighted by molar-refractivity contribution is -0.134. The van der Waals surface area contributed by atoms with Crippen LogP contribution in [0, 0.1) is 5.92 Å². The number of carbonyl (C=O) groups excluding carboxylic acids is 1. The predicted molar refractivity (Wildman–Crippen MR) is 125 cm³/mol. The molecule has 3 aliphatic rings. The molecule has 1 atom stereocenters. The summed E-state index contributed by atoms with van der Waals surface area (Å²) in [6.07, 6.45) is 11.3. The van der Waals surface area contributed by atoms with Gasteiger partial charge in [-0.2, -0.15) is 0 Å². The van der Waals surface area contributed by atoms with E-state index >= 15 is 0 Å². The molecule has 2 aliphatic heterocycles. The van der Waals surface area contributed by atoms with Gasteiger partial charge in [-0.05, 0) is 63.1 Å². The van der Waals surface area contributed by atoms with E-state index in [1.54, 1.807) is 0 Å². The molecule has 7 heteroatoms. The van der Waals surface area contributed by atoms with Crippen LogP contribution in [0.4, 0.5) is 5.82 Å². The van der Waals surface area contributed by atoms with E-state index in [0.29, 0.717) is 12.5 Å². The lowest BCUT2D eigenvalue weighted by Gasteiger charge is -2.27. The first-order valence-electron chi connectivity index (χ1n) is 12.3. The highest BCUT2D eigenvalue weighted by atomic mass is 16.2. The van der Waals surface area contributed by atoms with Crippen LogP contribution in [-0.2, 0) is 11.3 Å². The summed E-state index contributed by atoms with van der Waals surface area (Å²) in [5.74, 6) is 2.54. The highest BCUT2D eigenvalue weighted by Gasteiger charge is 2.32. The number of anilines is 1. The zero-order valence-corrected chi connectivity index (χ0v) is 19.0. The van der Waals surface area contributed by atoms with Gasteiger partial charge in [0, 0.05) is 50.9 Å². The van der Waals surface area contributed by atoms with E-state index < -0.39 is 0 Å². The lowest BCUT2D eigenvalue weighted by Crippen LogP contribution is -2.45. The topological polar surface area (TPSA) is 72.9 Å². The van der Waals surface area contributed by atoms with Crippen molar-refractivity contribution < 1.29 is 4.79 Å². The molecule has 0 bridgehead atoms. The van der Waals surface area contributed by atoms with Crippen LogP contribution >= 0.6 is 0 Å². The SMILES string of the molecule is CCNC(=NCc1ccnc(N2CCCCC2)c1)NC1CCN(C(=O)C2CCCC2)C1. The minimum Gasteiger partial charge on any atom is -0.357 e. The van der Waals surface area contributed by atoms with E-state index in [4.69, 9.17) is 4.99 Å². The third-order valence-corrected chi connectivity index (χ3v) is 6.80. The maximum atomic E-state index is 12.7. The number of nitrogens with one attached hydrogen (secondary N) is 2. The maximum absolute atomic E-state index is 12.7. The summed E-state index contributed by atoms with van der Waals surface area (Å²) in [5, 5.41) is 6.93. The lowest BCUT2D eigenvalue weighted by atomic mass is 10.1. The monoisotopic (exact) mass is 426 g/mol. The van der Waals surface area contributed by atoms with Gasteiger partial charge in [0.25, 0.3) is 0 Å². The molecule has 1 aliphatic carbocycles. The Morgan fingerprint density at radius 1 is 1.13 bits per heavy atom. The number of pyridine rings is 1. The van der Waals surface area contributed by atoms with Crippen LogP contribution in [0.2, 0.25) is 0 Å². The van der Waals surface area contributed by atoms with Crippen molar-refractivity contribution in [3.05, 3.63) is 23.9 Å². The molecular formula is C24H38N6O. The van der Waals surface area contributed by atoms with E-state index in [9.17, 15) is 4.79 Å². The van der Waals surface area contributed by atoms with Crippen molar-refractivity contribution in [2.45, 2.75) is 70.9 Å². The number of hydrogen-bond acceptors (Lipinski definition) is 4. The Labute approximate surface area is 186 Å². The van der Waals surface area contributed by atoms with Gasteiger partial charge in [-0.1, -0.05) is 12.8 Å². The van der Waals surface area contributed by atoms with Gasteiger partial charge in [-0.15, -0.1) is 0 Å². The first-order chi connectivity index (χ1) is 15.2. The van der Waals surface area contributed by atoms with Gasteiger partial charge in [0.05, 0.1) is 6.54 Å². The van der Waals surface area contributed by atoms with Crippen molar-refractivity contribution in [3.63, 3.8) is 0 Å². The summed E-state index contributed by atoms with van der Waals surface area (Å²) in [5.41, 5.74) is 1.18. The molecule has 1 unspecified atom stereocenters. The minimum absolute atomic E-state index is 0.265. The van der Waals surface area contributed by atoms with E-state index in [2.05, 4.69) is 44.5 Å². The highest BCUT2D eigenvalue weighted by Crippen LogP contribution is 2.28. The van der Waals surface area contributed by atoms with Crippen molar-refractivity contribution in [3.8, 4) is 0 Å². The summed E-state index contributed by atoms with van der Waals surface area (Å²) < 4.78 is 0. The molecule has 4 rings (SSSR count). The highest BCUT2D eigenvalue weighted by molar-refractivity contribution is 5.81. The number of hydrogen-bond donors (Lipinski definition) is 2. The summed E-state index contributed by atoms with van der Waals surface area (Å²) in [6, 6.07) is 4.50. The fourth-order valence-corrected chi connectivity index (χ4v) is 5.05. The number of likely N-dealkylation sites (tertiary alicyclic amines) is 1. The second-order valence-electron chi connectivity index (χ2n) is 9.16. The van der Waals surface area contributed by atoms with Crippen molar-refractivity contribution >= 4 is 17.7 Å². The molecule has 0 radical (unpaired) electrons. The van der Waals surface area contributed by atoms with E-state index in [1.807, 2.05) is 6.20 Å². The van der Waals surface area contributed by atoms with Crippen molar-refractivity contribution in [2.24, 2.45) is 10.9 Å². The number of piperidine rings is 1. The molecular weight excluding hydrogens is 388 g/mol. The smallest absolute Gasteiger partial charge is 0.225 e. The molecule has 1 saturated carbocycles. The van der Waals surface area contributed by atoms with Gasteiger partial charge < -0.3 is 20.4 Å². The molecule has 3 heterocycles. The van der Waals surface area contributed by atoms with E-state index in [1.165, 1.54) is 37.7 Å². The fraction of sp³-hybridized carbons (Fsp3) is 0.708. The molecule has 31 heavy (non-hydrogen) atoms. The van der Waals surface area contributed by atoms with E-state index in [-0.39, 0.29) is 12.0 Å². The standard InChI is InChI=1S/C24H38N6O/c1-2-25-24(28-21-11-15-30(18-21)23(31)20-8-4-5-9-20)27-17-19-10-12-26-22(16-19)29-13-6-3-7-14-29/h10,12,16,20-21H,2-9,11,13-15,17-18H2,1H3,(H2,25,27,28). The molecule has 1 amide bonds. The number of aliphatic imine (C=N–C) groups is 1. The Hall–Kier alpha value is -2.31. The van der Waals surface area contributed by atoms with Gasteiger partial charge in [-0.25, -0.2) is 9.98 Å². The van der Waals surface area contributed by atoms with Crippen molar-refractivity contribution in [1.82, 2.24) is 20.5 Å². The van der Waals surface area contributed by atoms with Crippen LogP contribution in [0.3, 0.4) is 0 Å². The molecule has 170 valence electrons. The Bertz CT molecular complexity index is 754. The fourth-order valence-electron chi connectivity index (χ4n) is 5.05. The number of nitrogens with zero attached hydrogens (tertiary/aromatic N) is 4. The predicted octanol–water partition coefficient (Wildman–Crippen LogP) is 2.92. The second kappa shape index (κ2) is 10.8. The molecule has 0 aromatic carbocycles. The molecule has 1 aromatic heterocycles. The van der Waals surface area contributed by atoms with Crippen molar-refractivity contribution in [1.29, 1.82) is 0 Å². The largest absolute Gasteiger partial charge is 0.357 e. The van der Waals surface area contributed by atoms with Gasteiger partial charge in [-0.3, -0.25) is 4.79 Å². The second-order valence-corrected chi connectivity index (χ2v) is 9.16. The average Bonchev–Trinajstić information content (AvgIpc) is 3.51. The molecule has 2 N–H and O–H groups in total. The molecule has 1 aromatic rings. The minimum atomic E-state index is 0.265. The summed E-state index contributed by atoms with van der Waals surface area (Å²) in [7, 11) is 0. The zero-order valence-electron chi connectivity index (χ0n) is 19.0. The number of amides is 1. The normalized spacial score (nSPS) is 22.7. The third-order valence-electron chi connectivity index (χ3n) is 6.80. The summed E-state index contributed by atoms with van der Waals surface area (Å²) in [6.45, 7) is 7.37. The zero-order chi connectivity index (χ0) is 21.5. The first-order valence-corrected chi connectivity index (χ1v) is 12.3. The van der Waals surface area contributed by atoms with Crippen LogP contribution in [0.25, 0.3) is 0 Å².